The zero-order valence-electron chi connectivity index (χ0n) is 12.2. The Bertz CT molecular complexity index is 550. The molecule has 0 bridgehead atoms. The van der Waals surface area contributed by atoms with Crippen molar-refractivity contribution in [3.8, 4) is 0 Å². The van der Waals surface area contributed by atoms with Gasteiger partial charge < -0.3 is 11.1 Å². The largest absolute Gasteiger partial charge is 0.330 e. The van der Waals surface area contributed by atoms with Gasteiger partial charge in [0.1, 0.15) is 12.7 Å². The van der Waals surface area contributed by atoms with Gasteiger partial charge in [0.05, 0.1) is 6.54 Å². The molecule has 0 saturated carbocycles. The van der Waals surface area contributed by atoms with E-state index in [1.807, 2.05) is 31.2 Å². The van der Waals surface area contributed by atoms with E-state index in [-0.39, 0.29) is 11.8 Å². The minimum Gasteiger partial charge on any atom is -0.330 e. The Hall–Kier alpha value is -2.21. The van der Waals surface area contributed by atoms with Crippen LogP contribution in [0.25, 0.3) is 0 Å². The maximum absolute atomic E-state index is 12.0. The third-order valence-electron chi connectivity index (χ3n) is 3.32. The minimum absolute atomic E-state index is 0.0247. The monoisotopic (exact) mass is 287 g/mol. The third-order valence-corrected chi connectivity index (χ3v) is 3.32. The van der Waals surface area contributed by atoms with Crippen molar-refractivity contribution in [1.29, 1.82) is 0 Å². The molecule has 1 unspecified atom stereocenters. The first-order valence-electron chi connectivity index (χ1n) is 7.11. The first kappa shape index (κ1) is 15.2. The fourth-order valence-electron chi connectivity index (χ4n) is 2.02. The van der Waals surface area contributed by atoms with Crippen LogP contribution < -0.4 is 11.1 Å². The summed E-state index contributed by atoms with van der Waals surface area (Å²) in [7, 11) is 0. The number of hydrogen-bond acceptors (Lipinski definition) is 4. The Morgan fingerprint density at radius 2 is 2.14 bits per heavy atom. The number of benzene rings is 1. The molecule has 0 aliphatic carbocycles. The van der Waals surface area contributed by atoms with Gasteiger partial charge in [-0.2, -0.15) is 5.10 Å². The summed E-state index contributed by atoms with van der Waals surface area (Å²) >= 11 is 0. The van der Waals surface area contributed by atoms with Gasteiger partial charge in [0, 0.05) is 11.6 Å². The Morgan fingerprint density at radius 1 is 1.38 bits per heavy atom. The summed E-state index contributed by atoms with van der Waals surface area (Å²) in [5.74, 6) is 0.0100. The van der Waals surface area contributed by atoms with E-state index in [0.29, 0.717) is 13.1 Å². The summed E-state index contributed by atoms with van der Waals surface area (Å²) in [5, 5.41) is 6.98. The number of aromatic nitrogens is 3. The molecule has 0 aliphatic heterocycles. The molecule has 3 N–H and O–H groups in total. The van der Waals surface area contributed by atoms with Crippen molar-refractivity contribution in [2.45, 2.75) is 26.3 Å². The predicted octanol–water partition coefficient (Wildman–Crippen LogP) is 1.64. The van der Waals surface area contributed by atoms with Crippen molar-refractivity contribution >= 4 is 11.6 Å². The van der Waals surface area contributed by atoms with Crippen molar-refractivity contribution in [2.75, 3.05) is 11.9 Å². The highest BCUT2D eigenvalue weighted by atomic mass is 16.1. The van der Waals surface area contributed by atoms with E-state index in [9.17, 15) is 4.79 Å². The molecule has 1 aromatic heterocycles. The summed E-state index contributed by atoms with van der Waals surface area (Å²) in [6.45, 7) is 3.21. The van der Waals surface area contributed by atoms with E-state index < -0.39 is 0 Å². The maximum Gasteiger partial charge on any atom is 0.227 e. The van der Waals surface area contributed by atoms with Crippen LogP contribution in [0, 0.1) is 5.92 Å². The summed E-state index contributed by atoms with van der Waals surface area (Å²) < 4.78 is 1.75. The Balaban J connectivity index is 1.88. The topological polar surface area (TPSA) is 85.8 Å². The number of anilines is 1. The van der Waals surface area contributed by atoms with Crippen molar-refractivity contribution in [3.05, 3.63) is 42.5 Å². The van der Waals surface area contributed by atoms with Crippen LogP contribution >= 0.6 is 0 Å². The molecule has 0 aliphatic rings. The highest BCUT2D eigenvalue weighted by Gasteiger charge is 2.12. The zero-order chi connectivity index (χ0) is 15.1. The fraction of sp³-hybridized carbons (Fsp3) is 0.400. The van der Waals surface area contributed by atoms with Gasteiger partial charge in [-0.15, -0.1) is 0 Å². The molecule has 6 heteroatoms. The number of rotatable bonds is 7. The second-order valence-electron chi connectivity index (χ2n) is 5.11. The molecule has 21 heavy (non-hydrogen) atoms. The molecule has 1 heterocycles. The molecule has 2 rings (SSSR count). The van der Waals surface area contributed by atoms with Gasteiger partial charge in [-0.25, -0.2) is 9.67 Å². The third kappa shape index (κ3) is 4.68. The van der Waals surface area contributed by atoms with Crippen molar-refractivity contribution < 1.29 is 4.79 Å². The molecular formula is C15H21N5O. The van der Waals surface area contributed by atoms with E-state index >= 15 is 0 Å². The van der Waals surface area contributed by atoms with Crippen LogP contribution in [0.5, 0.6) is 0 Å². The quantitative estimate of drug-likeness (QED) is 0.810. The van der Waals surface area contributed by atoms with Gasteiger partial charge in [0.2, 0.25) is 5.91 Å². The number of nitrogens with one attached hydrogen (secondary N) is 1. The summed E-state index contributed by atoms with van der Waals surface area (Å²) in [5.41, 5.74) is 7.37. The molecule has 1 aromatic carbocycles. The average molecular weight is 287 g/mol. The van der Waals surface area contributed by atoms with Gasteiger partial charge in [0.15, 0.2) is 0 Å². The summed E-state index contributed by atoms with van der Waals surface area (Å²) in [6.07, 6.45) is 4.87. The summed E-state index contributed by atoms with van der Waals surface area (Å²) in [4.78, 5) is 15.9. The second kappa shape index (κ2) is 7.54. The smallest absolute Gasteiger partial charge is 0.227 e. The zero-order valence-corrected chi connectivity index (χ0v) is 12.2. The van der Waals surface area contributed by atoms with Crippen LogP contribution in [0.1, 0.15) is 25.3 Å². The van der Waals surface area contributed by atoms with Gasteiger partial charge in [-0.3, -0.25) is 4.79 Å². The Morgan fingerprint density at radius 3 is 2.76 bits per heavy atom. The lowest BCUT2D eigenvalue weighted by molar-refractivity contribution is -0.119. The van der Waals surface area contributed by atoms with E-state index in [1.165, 1.54) is 6.33 Å². The normalized spacial score (nSPS) is 12.1. The Labute approximate surface area is 124 Å². The van der Waals surface area contributed by atoms with Crippen LogP contribution in [0.15, 0.2) is 36.9 Å². The lowest BCUT2D eigenvalue weighted by Crippen LogP contribution is -2.21. The molecule has 1 atom stereocenters. The number of carbonyl (C=O) groups is 1. The molecule has 0 saturated heterocycles. The fourth-order valence-corrected chi connectivity index (χ4v) is 2.02. The number of carbonyl (C=O) groups excluding carboxylic acids is 1. The highest BCUT2D eigenvalue weighted by molar-refractivity contribution is 5.92. The SMILES string of the molecule is CC(CCCN)C(=O)Nc1ccc(Cn2cncn2)cc1. The number of nitrogens with zero attached hydrogens (tertiary/aromatic N) is 3. The molecule has 2 aromatic rings. The molecule has 0 radical (unpaired) electrons. The average Bonchev–Trinajstić information content (AvgIpc) is 2.99. The predicted molar refractivity (Wildman–Crippen MR) is 81.6 cm³/mol. The number of hydrogen-bond donors (Lipinski definition) is 2. The van der Waals surface area contributed by atoms with E-state index in [4.69, 9.17) is 5.73 Å². The summed E-state index contributed by atoms with van der Waals surface area (Å²) in [6, 6.07) is 7.75. The lowest BCUT2D eigenvalue weighted by atomic mass is 10.0. The van der Waals surface area contributed by atoms with Crippen molar-refractivity contribution in [3.63, 3.8) is 0 Å². The van der Waals surface area contributed by atoms with Crippen LogP contribution in [0.3, 0.4) is 0 Å². The van der Waals surface area contributed by atoms with Gasteiger partial charge >= 0.3 is 0 Å². The number of amides is 1. The number of nitrogens with two attached hydrogens (primary N) is 1. The standard InChI is InChI=1S/C15H21N5O/c1-12(3-2-8-16)15(21)19-14-6-4-13(5-7-14)9-20-11-17-10-18-20/h4-7,10-12H,2-3,8-9,16H2,1H3,(H,19,21). The highest BCUT2D eigenvalue weighted by Crippen LogP contribution is 2.13. The molecule has 112 valence electrons. The molecule has 1 amide bonds. The first-order valence-corrected chi connectivity index (χ1v) is 7.11. The maximum atomic E-state index is 12.0. The Kier molecular flexibility index (Phi) is 5.45. The second-order valence-corrected chi connectivity index (χ2v) is 5.11. The minimum atomic E-state index is -0.0247. The van der Waals surface area contributed by atoms with Crippen LogP contribution in [-0.2, 0) is 11.3 Å². The van der Waals surface area contributed by atoms with E-state index in [2.05, 4.69) is 15.4 Å². The molecule has 6 nitrogen and oxygen atoms in total. The first-order chi connectivity index (χ1) is 10.2. The molecular weight excluding hydrogens is 266 g/mol. The lowest BCUT2D eigenvalue weighted by Gasteiger charge is -2.12. The van der Waals surface area contributed by atoms with Crippen molar-refractivity contribution in [1.82, 2.24) is 14.8 Å². The van der Waals surface area contributed by atoms with Crippen LogP contribution in [0.4, 0.5) is 5.69 Å². The van der Waals surface area contributed by atoms with Gasteiger partial charge in [-0.05, 0) is 37.1 Å². The van der Waals surface area contributed by atoms with Crippen LogP contribution in [0.2, 0.25) is 0 Å². The van der Waals surface area contributed by atoms with Crippen molar-refractivity contribution in [2.24, 2.45) is 11.7 Å². The molecule has 0 fully saturated rings. The van der Waals surface area contributed by atoms with E-state index in [1.54, 1.807) is 11.0 Å². The van der Waals surface area contributed by atoms with E-state index in [0.717, 1.165) is 24.1 Å². The van der Waals surface area contributed by atoms with Gasteiger partial charge in [-0.1, -0.05) is 19.1 Å². The molecule has 0 spiro atoms. The van der Waals surface area contributed by atoms with Crippen LogP contribution in [-0.4, -0.2) is 27.2 Å². The van der Waals surface area contributed by atoms with Gasteiger partial charge in [0.25, 0.3) is 0 Å².